The molecule has 1 nitrogen and oxygen atoms in total. The highest BCUT2D eigenvalue weighted by atomic mass is 16.5. The second-order valence-electron chi connectivity index (χ2n) is 6.12. The third-order valence-electron chi connectivity index (χ3n) is 3.68. The molecule has 1 aromatic carbocycles. The van der Waals surface area contributed by atoms with Crippen molar-refractivity contribution < 1.29 is 4.65 Å². The van der Waals surface area contributed by atoms with Gasteiger partial charge in [-0.3, -0.25) is 0 Å². The number of hydrogen-bond acceptors (Lipinski definition) is 1. The molecule has 0 fully saturated rings. The SMILES string of the molecule is CB1OC(C)(C)c2ccc(CCC(C)C)cc21. The van der Waals surface area contributed by atoms with E-state index in [1.165, 1.54) is 29.4 Å². The molecule has 1 aliphatic rings. The molecule has 0 unspecified atom stereocenters. The Morgan fingerprint density at radius 1 is 1.29 bits per heavy atom. The summed E-state index contributed by atoms with van der Waals surface area (Å²) in [6, 6.07) is 6.87. The van der Waals surface area contributed by atoms with E-state index in [1.54, 1.807) is 0 Å². The third kappa shape index (κ3) is 2.57. The second-order valence-corrected chi connectivity index (χ2v) is 6.12. The molecular formula is C15H23BO. The van der Waals surface area contributed by atoms with Crippen molar-refractivity contribution in [1.29, 1.82) is 0 Å². The van der Waals surface area contributed by atoms with Gasteiger partial charge in [-0.25, -0.2) is 0 Å². The first-order valence-electron chi connectivity index (χ1n) is 6.71. The Hall–Kier alpha value is -0.755. The molecule has 0 spiro atoms. The third-order valence-corrected chi connectivity index (χ3v) is 3.68. The highest BCUT2D eigenvalue weighted by Gasteiger charge is 2.37. The van der Waals surface area contributed by atoms with Gasteiger partial charge >= 0.3 is 6.92 Å². The van der Waals surface area contributed by atoms with Gasteiger partial charge in [0.1, 0.15) is 0 Å². The van der Waals surface area contributed by atoms with Crippen molar-refractivity contribution in [3.8, 4) is 0 Å². The summed E-state index contributed by atoms with van der Waals surface area (Å²) in [5.41, 5.74) is 4.07. The van der Waals surface area contributed by atoms with Crippen molar-refractivity contribution in [3.63, 3.8) is 0 Å². The van der Waals surface area contributed by atoms with Crippen molar-refractivity contribution in [1.82, 2.24) is 0 Å². The molecule has 0 amide bonds. The Balaban J connectivity index is 2.23. The molecule has 0 saturated carbocycles. The van der Waals surface area contributed by atoms with Crippen molar-refractivity contribution in [2.45, 2.75) is 53.0 Å². The van der Waals surface area contributed by atoms with Gasteiger partial charge in [0.2, 0.25) is 0 Å². The monoisotopic (exact) mass is 230 g/mol. The first-order chi connectivity index (χ1) is 7.90. The van der Waals surface area contributed by atoms with Crippen molar-refractivity contribution >= 4 is 12.4 Å². The summed E-state index contributed by atoms with van der Waals surface area (Å²) < 4.78 is 6.00. The van der Waals surface area contributed by atoms with E-state index in [-0.39, 0.29) is 12.5 Å². The van der Waals surface area contributed by atoms with Crippen LogP contribution in [0.3, 0.4) is 0 Å². The van der Waals surface area contributed by atoms with E-state index in [0.717, 1.165) is 5.92 Å². The van der Waals surface area contributed by atoms with E-state index in [1.807, 2.05) is 0 Å². The summed E-state index contributed by atoms with van der Waals surface area (Å²) in [6.07, 6.45) is 2.44. The van der Waals surface area contributed by atoms with Gasteiger partial charge in [-0.1, -0.05) is 38.9 Å². The predicted molar refractivity (Wildman–Crippen MR) is 75.0 cm³/mol. The van der Waals surface area contributed by atoms with Crippen LogP contribution < -0.4 is 5.46 Å². The largest absolute Gasteiger partial charge is 0.422 e. The van der Waals surface area contributed by atoms with E-state index in [0.29, 0.717) is 0 Å². The lowest BCUT2D eigenvalue weighted by Gasteiger charge is -2.20. The smallest absolute Gasteiger partial charge is 0.325 e. The summed E-state index contributed by atoms with van der Waals surface area (Å²) in [6.45, 7) is 11.3. The molecule has 2 rings (SSSR count). The van der Waals surface area contributed by atoms with Gasteiger partial charge in [-0.15, -0.1) is 0 Å². The topological polar surface area (TPSA) is 9.23 Å². The molecule has 92 valence electrons. The van der Waals surface area contributed by atoms with Crippen LogP contribution in [0.5, 0.6) is 0 Å². The molecule has 0 bridgehead atoms. The number of hydrogen-bond donors (Lipinski definition) is 0. The Kier molecular flexibility index (Phi) is 3.35. The van der Waals surface area contributed by atoms with Crippen LogP contribution in [-0.2, 0) is 16.7 Å². The van der Waals surface area contributed by atoms with E-state index >= 15 is 0 Å². The molecule has 1 aromatic rings. The van der Waals surface area contributed by atoms with E-state index in [4.69, 9.17) is 4.65 Å². The fraction of sp³-hybridized carbons (Fsp3) is 0.600. The Morgan fingerprint density at radius 2 is 2.00 bits per heavy atom. The summed E-state index contributed by atoms with van der Waals surface area (Å²) in [7, 11) is 0. The van der Waals surface area contributed by atoms with Crippen LogP contribution in [0.4, 0.5) is 0 Å². The molecule has 17 heavy (non-hydrogen) atoms. The standard InChI is InChI=1S/C15H23BO/c1-11(2)6-7-12-8-9-13-14(10-12)16(5)17-15(13,3)4/h8-11H,6-7H2,1-5H3. The zero-order valence-corrected chi connectivity index (χ0v) is 11.7. The molecule has 1 aliphatic heterocycles. The molecule has 0 saturated heterocycles. The molecule has 0 radical (unpaired) electrons. The quantitative estimate of drug-likeness (QED) is 0.723. The molecular weight excluding hydrogens is 207 g/mol. The van der Waals surface area contributed by atoms with E-state index in [2.05, 4.69) is 52.7 Å². The minimum atomic E-state index is -0.120. The van der Waals surface area contributed by atoms with Crippen LogP contribution in [0.25, 0.3) is 0 Å². The first kappa shape index (κ1) is 12.7. The zero-order chi connectivity index (χ0) is 12.6. The van der Waals surface area contributed by atoms with Crippen molar-refractivity contribution in [3.05, 3.63) is 29.3 Å². The normalized spacial score (nSPS) is 17.6. The van der Waals surface area contributed by atoms with Gasteiger partial charge in [0.15, 0.2) is 0 Å². The average molecular weight is 230 g/mol. The average Bonchev–Trinajstić information content (AvgIpc) is 2.46. The lowest BCUT2D eigenvalue weighted by molar-refractivity contribution is 0.124. The summed E-state index contributed by atoms with van der Waals surface area (Å²) in [5, 5.41) is 0. The first-order valence-corrected chi connectivity index (χ1v) is 6.71. The molecule has 0 aromatic heterocycles. The summed E-state index contributed by atoms with van der Waals surface area (Å²) in [4.78, 5) is 0. The maximum atomic E-state index is 6.00. The minimum absolute atomic E-state index is 0.120. The molecule has 2 heteroatoms. The van der Waals surface area contributed by atoms with Crippen LogP contribution in [-0.4, -0.2) is 6.92 Å². The molecule has 0 N–H and O–H groups in total. The van der Waals surface area contributed by atoms with E-state index < -0.39 is 0 Å². The maximum Gasteiger partial charge on any atom is 0.325 e. The minimum Gasteiger partial charge on any atom is -0.422 e. The van der Waals surface area contributed by atoms with Gasteiger partial charge in [-0.05, 0) is 49.2 Å². The Morgan fingerprint density at radius 3 is 2.65 bits per heavy atom. The summed E-state index contributed by atoms with van der Waals surface area (Å²) in [5.74, 6) is 0.772. The van der Waals surface area contributed by atoms with Crippen LogP contribution in [0.2, 0.25) is 6.82 Å². The second kappa shape index (κ2) is 4.49. The van der Waals surface area contributed by atoms with Crippen molar-refractivity contribution in [2.75, 3.05) is 0 Å². The van der Waals surface area contributed by atoms with Crippen molar-refractivity contribution in [2.24, 2.45) is 5.92 Å². The predicted octanol–water partition coefficient (Wildman–Crippen LogP) is 3.37. The van der Waals surface area contributed by atoms with Crippen LogP contribution in [0.1, 0.15) is 45.2 Å². The van der Waals surface area contributed by atoms with Crippen LogP contribution in [0.15, 0.2) is 18.2 Å². The lowest BCUT2D eigenvalue weighted by atomic mass is 9.63. The van der Waals surface area contributed by atoms with Gasteiger partial charge in [0.25, 0.3) is 0 Å². The lowest BCUT2D eigenvalue weighted by Crippen LogP contribution is -2.25. The number of aryl methyl sites for hydroxylation is 1. The number of benzene rings is 1. The molecule has 0 aliphatic carbocycles. The highest BCUT2D eigenvalue weighted by Crippen LogP contribution is 2.30. The van der Waals surface area contributed by atoms with Crippen LogP contribution >= 0.6 is 0 Å². The van der Waals surface area contributed by atoms with Gasteiger partial charge in [0.05, 0.1) is 5.60 Å². The van der Waals surface area contributed by atoms with Gasteiger partial charge < -0.3 is 4.65 Å². The number of fused-ring (bicyclic) bond motifs is 1. The fourth-order valence-electron chi connectivity index (χ4n) is 2.68. The van der Waals surface area contributed by atoms with Gasteiger partial charge in [-0.2, -0.15) is 0 Å². The molecule has 1 heterocycles. The Labute approximate surface area is 106 Å². The zero-order valence-electron chi connectivity index (χ0n) is 11.7. The molecule has 0 atom stereocenters. The van der Waals surface area contributed by atoms with Crippen LogP contribution in [0, 0.1) is 5.92 Å². The fourth-order valence-corrected chi connectivity index (χ4v) is 2.68. The highest BCUT2D eigenvalue weighted by molar-refractivity contribution is 6.67. The van der Waals surface area contributed by atoms with Gasteiger partial charge in [0, 0.05) is 0 Å². The Bertz CT molecular complexity index is 409. The summed E-state index contributed by atoms with van der Waals surface area (Å²) >= 11 is 0. The van der Waals surface area contributed by atoms with E-state index in [9.17, 15) is 0 Å². The maximum absolute atomic E-state index is 6.00. The number of rotatable bonds is 3.